The number of fused-ring (bicyclic) bond motifs is 1. The molecular formula is C23H23N5O2S. The van der Waals surface area contributed by atoms with E-state index >= 15 is 0 Å². The van der Waals surface area contributed by atoms with Crippen LogP contribution in [-0.2, 0) is 4.79 Å². The number of hydrogen-bond acceptors (Lipinski definition) is 5. The highest BCUT2D eigenvalue weighted by Gasteiger charge is 2.13. The van der Waals surface area contributed by atoms with Crippen LogP contribution < -0.4 is 10.9 Å². The van der Waals surface area contributed by atoms with Crippen LogP contribution >= 0.6 is 11.8 Å². The van der Waals surface area contributed by atoms with Gasteiger partial charge in [0.15, 0.2) is 10.8 Å². The monoisotopic (exact) mass is 433 g/mol. The quantitative estimate of drug-likeness (QED) is 0.366. The number of benzene rings is 2. The smallest absolute Gasteiger partial charge is 0.262 e. The number of aromatic amines is 1. The molecule has 0 unspecified atom stereocenters. The molecule has 2 heterocycles. The molecule has 0 aliphatic carbocycles. The molecule has 4 rings (SSSR count). The van der Waals surface area contributed by atoms with E-state index in [0.29, 0.717) is 16.2 Å². The van der Waals surface area contributed by atoms with Gasteiger partial charge in [0.25, 0.3) is 5.56 Å². The number of carbonyl (C=O) groups excluding carboxylic acids is 1. The standard InChI is InChI=1S/C23H23N5O2S/c1-13-7-14(2)9-17(8-13)25-20(29)12-31-23-26-21-19(22(30)27-23)11-24-28(21)18-6-5-15(3)16(4)10-18/h5-11H,12H2,1-4H3,(H,25,29)(H,26,27,30). The summed E-state index contributed by atoms with van der Waals surface area (Å²) < 4.78 is 1.65. The maximum absolute atomic E-state index is 12.5. The number of anilines is 1. The van der Waals surface area contributed by atoms with Crippen molar-refractivity contribution in [3.8, 4) is 5.69 Å². The molecule has 4 aromatic rings. The van der Waals surface area contributed by atoms with Crippen LogP contribution in [0, 0.1) is 27.7 Å². The molecule has 8 heteroatoms. The summed E-state index contributed by atoms with van der Waals surface area (Å²) >= 11 is 1.18. The summed E-state index contributed by atoms with van der Waals surface area (Å²) in [7, 11) is 0. The van der Waals surface area contributed by atoms with Gasteiger partial charge in [-0.15, -0.1) is 0 Å². The first-order valence-electron chi connectivity index (χ1n) is 9.87. The summed E-state index contributed by atoms with van der Waals surface area (Å²) in [5.41, 5.74) is 6.24. The summed E-state index contributed by atoms with van der Waals surface area (Å²) in [6.45, 7) is 8.04. The van der Waals surface area contributed by atoms with Gasteiger partial charge in [0, 0.05) is 5.69 Å². The number of thioether (sulfide) groups is 1. The van der Waals surface area contributed by atoms with E-state index in [-0.39, 0.29) is 17.2 Å². The second-order valence-electron chi connectivity index (χ2n) is 7.65. The molecule has 1 amide bonds. The van der Waals surface area contributed by atoms with Gasteiger partial charge in [-0.25, -0.2) is 9.67 Å². The lowest BCUT2D eigenvalue weighted by Crippen LogP contribution is -2.16. The largest absolute Gasteiger partial charge is 0.325 e. The van der Waals surface area contributed by atoms with E-state index in [4.69, 9.17) is 0 Å². The minimum absolute atomic E-state index is 0.124. The van der Waals surface area contributed by atoms with Crippen LogP contribution in [-0.4, -0.2) is 31.4 Å². The molecule has 0 saturated heterocycles. The van der Waals surface area contributed by atoms with E-state index in [1.54, 1.807) is 4.68 Å². The van der Waals surface area contributed by atoms with Crippen molar-refractivity contribution in [1.29, 1.82) is 0 Å². The SMILES string of the molecule is Cc1cc(C)cc(NC(=O)CSc2nc3c(cnn3-c3ccc(C)c(C)c3)c(=O)[nH]2)c1. The number of aromatic nitrogens is 4. The Bertz CT molecular complexity index is 1340. The molecule has 158 valence electrons. The number of nitrogens with zero attached hydrogens (tertiary/aromatic N) is 3. The summed E-state index contributed by atoms with van der Waals surface area (Å²) in [4.78, 5) is 32.2. The van der Waals surface area contributed by atoms with Crippen molar-refractivity contribution in [2.24, 2.45) is 0 Å². The predicted octanol–water partition coefficient (Wildman–Crippen LogP) is 4.07. The van der Waals surface area contributed by atoms with Crippen LogP contribution in [0.5, 0.6) is 0 Å². The van der Waals surface area contributed by atoms with Crippen molar-refractivity contribution in [2.75, 3.05) is 11.1 Å². The highest BCUT2D eigenvalue weighted by molar-refractivity contribution is 7.99. The summed E-state index contributed by atoms with van der Waals surface area (Å²) in [6.07, 6.45) is 1.51. The second-order valence-corrected chi connectivity index (χ2v) is 8.61. The van der Waals surface area contributed by atoms with Gasteiger partial charge in [0.1, 0.15) is 5.39 Å². The van der Waals surface area contributed by atoms with E-state index in [9.17, 15) is 9.59 Å². The Morgan fingerprint density at radius 1 is 1.06 bits per heavy atom. The molecule has 7 nitrogen and oxygen atoms in total. The first-order valence-corrected chi connectivity index (χ1v) is 10.9. The number of amides is 1. The zero-order chi connectivity index (χ0) is 22.1. The number of rotatable bonds is 5. The highest BCUT2D eigenvalue weighted by Crippen LogP contribution is 2.20. The third-order valence-corrected chi connectivity index (χ3v) is 5.87. The fraction of sp³-hybridized carbons (Fsp3) is 0.217. The van der Waals surface area contributed by atoms with Gasteiger partial charge in [-0.1, -0.05) is 23.9 Å². The Labute approximate surface area is 183 Å². The molecule has 0 aliphatic heterocycles. The van der Waals surface area contributed by atoms with E-state index < -0.39 is 0 Å². The van der Waals surface area contributed by atoms with Gasteiger partial charge in [-0.05, 0) is 74.2 Å². The molecule has 2 N–H and O–H groups in total. The number of hydrogen-bond donors (Lipinski definition) is 2. The Balaban J connectivity index is 1.56. The average molecular weight is 434 g/mol. The van der Waals surface area contributed by atoms with Crippen LogP contribution in [0.1, 0.15) is 22.3 Å². The number of nitrogens with one attached hydrogen (secondary N) is 2. The van der Waals surface area contributed by atoms with Crippen LogP contribution in [0.25, 0.3) is 16.7 Å². The molecule has 2 aromatic heterocycles. The maximum atomic E-state index is 12.5. The summed E-state index contributed by atoms with van der Waals surface area (Å²) in [5.74, 6) is -0.0421. The van der Waals surface area contributed by atoms with E-state index in [1.807, 2.05) is 64.1 Å². The molecular weight excluding hydrogens is 410 g/mol. The maximum Gasteiger partial charge on any atom is 0.262 e. The molecule has 31 heavy (non-hydrogen) atoms. The average Bonchev–Trinajstić information content (AvgIpc) is 3.12. The Morgan fingerprint density at radius 3 is 2.52 bits per heavy atom. The topological polar surface area (TPSA) is 92.7 Å². The van der Waals surface area contributed by atoms with E-state index in [2.05, 4.69) is 20.4 Å². The fourth-order valence-corrected chi connectivity index (χ4v) is 4.05. The van der Waals surface area contributed by atoms with Crippen LogP contribution in [0.3, 0.4) is 0 Å². The minimum atomic E-state index is -0.280. The Hall–Kier alpha value is -3.39. The zero-order valence-corrected chi connectivity index (χ0v) is 18.6. The van der Waals surface area contributed by atoms with Gasteiger partial charge in [-0.2, -0.15) is 5.10 Å². The highest BCUT2D eigenvalue weighted by atomic mass is 32.2. The number of H-pyrrole nitrogens is 1. The minimum Gasteiger partial charge on any atom is -0.325 e. The van der Waals surface area contributed by atoms with Crippen molar-refractivity contribution in [2.45, 2.75) is 32.9 Å². The van der Waals surface area contributed by atoms with Gasteiger partial charge in [0.05, 0.1) is 17.6 Å². The van der Waals surface area contributed by atoms with E-state index in [0.717, 1.165) is 28.1 Å². The second kappa shape index (κ2) is 8.39. The third-order valence-electron chi connectivity index (χ3n) is 5.00. The molecule has 0 radical (unpaired) electrons. The van der Waals surface area contributed by atoms with Gasteiger partial charge >= 0.3 is 0 Å². The van der Waals surface area contributed by atoms with E-state index in [1.165, 1.54) is 23.5 Å². The molecule has 0 saturated carbocycles. The van der Waals surface area contributed by atoms with Crippen molar-refractivity contribution in [1.82, 2.24) is 19.7 Å². The van der Waals surface area contributed by atoms with Gasteiger partial charge < -0.3 is 10.3 Å². The summed E-state index contributed by atoms with van der Waals surface area (Å²) in [5, 5.41) is 8.02. The molecule has 0 bridgehead atoms. The lowest BCUT2D eigenvalue weighted by molar-refractivity contribution is -0.113. The zero-order valence-electron chi connectivity index (χ0n) is 17.8. The lowest BCUT2D eigenvalue weighted by atomic mass is 10.1. The number of carbonyl (C=O) groups is 1. The molecule has 0 aliphatic rings. The first kappa shape index (κ1) is 20.9. The van der Waals surface area contributed by atoms with Crippen LogP contribution in [0.15, 0.2) is 52.5 Å². The lowest BCUT2D eigenvalue weighted by Gasteiger charge is -2.08. The molecule has 2 aromatic carbocycles. The first-order chi connectivity index (χ1) is 14.8. The molecule has 0 fully saturated rings. The van der Waals surface area contributed by atoms with Gasteiger partial charge in [0.2, 0.25) is 5.91 Å². The van der Waals surface area contributed by atoms with Crippen LogP contribution in [0.4, 0.5) is 5.69 Å². The third kappa shape index (κ3) is 4.54. The van der Waals surface area contributed by atoms with Crippen molar-refractivity contribution in [3.63, 3.8) is 0 Å². The fourth-order valence-electron chi connectivity index (χ4n) is 3.39. The summed E-state index contributed by atoms with van der Waals surface area (Å²) in [6, 6.07) is 11.9. The van der Waals surface area contributed by atoms with Crippen molar-refractivity contribution in [3.05, 3.63) is 75.2 Å². The van der Waals surface area contributed by atoms with Crippen molar-refractivity contribution < 1.29 is 4.79 Å². The number of aryl methyl sites for hydroxylation is 4. The Morgan fingerprint density at radius 2 is 1.81 bits per heavy atom. The normalized spacial score (nSPS) is 11.1. The van der Waals surface area contributed by atoms with Crippen LogP contribution in [0.2, 0.25) is 0 Å². The Kier molecular flexibility index (Phi) is 5.65. The predicted molar refractivity (Wildman–Crippen MR) is 124 cm³/mol. The molecule has 0 spiro atoms. The van der Waals surface area contributed by atoms with Gasteiger partial charge in [-0.3, -0.25) is 9.59 Å². The van der Waals surface area contributed by atoms with Crippen molar-refractivity contribution >= 4 is 34.4 Å². The molecule has 0 atom stereocenters.